The molecule has 5 nitrogen and oxygen atoms in total. The van der Waals surface area contributed by atoms with Crippen LogP contribution >= 0.6 is 12.2 Å². The topological polar surface area (TPSA) is 74.1 Å². The number of anilines is 1. The highest BCUT2D eigenvalue weighted by Gasteiger charge is 2.12. The SMILES string of the molecule is OC(CNc1ccccc1)c1n[nH]c(=S)o1. The lowest BCUT2D eigenvalue weighted by atomic mass is 10.3. The van der Waals surface area contributed by atoms with E-state index in [1.54, 1.807) is 0 Å². The summed E-state index contributed by atoms with van der Waals surface area (Å²) in [5.41, 5.74) is 0.927. The first kappa shape index (κ1) is 10.8. The molecule has 0 bridgehead atoms. The Morgan fingerprint density at radius 1 is 1.44 bits per heavy atom. The van der Waals surface area contributed by atoms with Crippen molar-refractivity contribution in [3.05, 3.63) is 41.1 Å². The van der Waals surface area contributed by atoms with E-state index < -0.39 is 6.10 Å². The zero-order chi connectivity index (χ0) is 11.4. The first-order valence-electron chi connectivity index (χ1n) is 4.78. The Bertz CT molecular complexity index is 494. The van der Waals surface area contributed by atoms with Gasteiger partial charge in [0, 0.05) is 12.2 Å². The lowest BCUT2D eigenvalue weighted by molar-refractivity contribution is 0.155. The summed E-state index contributed by atoms with van der Waals surface area (Å²) in [6, 6.07) is 9.57. The molecule has 0 aliphatic heterocycles. The number of rotatable bonds is 4. The highest BCUT2D eigenvalue weighted by molar-refractivity contribution is 7.71. The molecule has 1 aromatic heterocycles. The Labute approximate surface area is 97.1 Å². The van der Waals surface area contributed by atoms with Crippen LogP contribution in [0.15, 0.2) is 34.7 Å². The lowest BCUT2D eigenvalue weighted by Crippen LogP contribution is -2.12. The average molecular weight is 237 g/mol. The first-order valence-corrected chi connectivity index (χ1v) is 5.19. The summed E-state index contributed by atoms with van der Waals surface area (Å²) < 4.78 is 4.99. The number of aromatic amines is 1. The fourth-order valence-corrected chi connectivity index (χ4v) is 1.37. The van der Waals surface area contributed by atoms with E-state index in [-0.39, 0.29) is 10.7 Å². The standard InChI is InChI=1S/C10H11N3O2S/c14-8(9-12-13-10(16)15-9)6-11-7-4-2-1-3-5-7/h1-5,8,11,14H,6H2,(H,13,16). The molecule has 2 aromatic rings. The molecule has 1 atom stereocenters. The Balaban J connectivity index is 1.94. The molecule has 0 aliphatic rings. The quantitative estimate of drug-likeness (QED) is 0.708. The number of aromatic nitrogens is 2. The molecule has 1 unspecified atom stereocenters. The molecule has 0 radical (unpaired) electrons. The second kappa shape index (κ2) is 4.91. The van der Waals surface area contributed by atoms with Crippen LogP contribution in [0.25, 0.3) is 0 Å². The van der Waals surface area contributed by atoms with Gasteiger partial charge in [0.15, 0.2) is 0 Å². The van der Waals surface area contributed by atoms with Gasteiger partial charge < -0.3 is 14.8 Å². The smallest absolute Gasteiger partial charge is 0.284 e. The van der Waals surface area contributed by atoms with E-state index in [0.29, 0.717) is 6.54 Å². The van der Waals surface area contributed by atoms with Gasteiger partial charge >= 0.3 is 0 Å². The zero-order valence-electron chi connectivity index (χ0n) is 8.38. The van der Waals surface area contributed by atoms with Crippen molar-refractivity contribution in [2.75, 3.05) is 11.9 Å². The first-order chi connectivity index (χ1) is 7.75. The Morgan fingerprint density at radius 3 is 2.81 bits per heavy atom. The van der Waals surface area contributed by atoms with Crippen LogP contribution in [0.3, 0.4) is 0 Å². The third-order valence-corrected chi connectivity index (χ3v) is 2.19. The number of benzene rings is 1. The Hall–Kier alpha value is -1.66. The van der Waals surface area contributed by atoms with E-state index in [1.807, 2.05) is 30.3 Å². The van der Waals surface area contributed by atoms with E-state index in [4.69, 9.17) is 16.6 Å². The molecule has 84 valence electrons. The fraction of sp³-hybridized carbons (Fsp3) is 0.200. The minimum atomic E-state index is -0.826. The highest BCUT2D eigenvalue weighted by atomic mass is 32.1. The number of aliphatic hydroxyl groups excluding tert-OH is 1. The minimum Gasteiger partial charge on any atom is -0.411 e. The number of hydrogen-bond donors (Lipinski definition) is 3. The van der Waals surface area contributed by atoms with Gasteiger partial charge in [-0.2, -0.15) is 0 Å². The molecule has 6 heteroatoms. The average Bonchev–Trinajstić information content (AvgIpc) is 2.74. The minimum absolute atomic E-state index is 0.161. The summed E-state index contributed by atoms with van der Waals surface area (Å²) in [5.74, 6) is 0.188. The van der Waals surface area contributed by atoms with E-state index >= 15 is 0 Å². The van der Waals surface area contributed by atoms with Gasteiger partial charge in [-0.25, -0.2) is 5.10 Å². The summed E-state index contributed by atoms with van der Waals surface area (Å²) in [7, 11) is 0. The predicted molar refractivity (Wildman–Crippen MR) is 61.6 cm³/mol. The van der Waals surface area contributed by atoms with E-state index in [1.165, 1.54) is 0 Å². The van der Waals surface area contributed by atoms with Crippen molar-refractivity contribution < 1.29 is 9.52 Å². The Kier molecular flexibility index (Phi) is 3.33. The maximum absolute atomic E-state index is 9.71. The number of hydrogen-bond acceptors (Lipinski definition) is 5. The highest BCUT2D eigenvalue weighted by Crippen LogP contribution is 2.11. The van der Waals surface area contributed by atoms with Crippen LogP contribution in [0.1, 0.15) is 12.0 Å². The number of aliphatic hydroxyl groups is 1. The van der Waals surface area contributed by atoms with Gasteiger partial charge in [0.25, 0.3) is 4.84 Å². The van der Waals surface area contributed by atoms with Crippen LogP contribution in [0.2, 0.25) is 0 Å². The van der Waals surface area contributed by atoms with Gasteiger partial charge in [-0.05, 0) is 24.4 Å². The number of nitrogens with zero attached hydrogens (tertiary/aromatic N) is 1. The molecule has 0 spiro atoms. The molecule has 1 aromatic carbocycles. The second-order valence-corrected chi connectivity index (χ2v) is 3.58. The van der Waals surface area contributed by atoms with Crippen molar-refractivity contribution in [2.24, 2.45) is 0 Å². The molecule has 2 rings (SSSR count). The molecule has 0 aliphatic carbocycles. The molecule has 0 saturated heterocycles. The van der Waals surface area contributed by atoms with Crippen molar-refractivity contribution in [1.82, 2.24) is 10.2 Å². The summed E-state index contributed by atoms with van der Waals surface area (Å²) in [4.78, 5) is 0.161. The summed E-state index contributed by atoms with van der Waals surface area (Å²) in [5, 5.41) is 19.0. The van der Waals surface area contributed by atoms with Gasteiger partial charge in [0.2, 0.25) is 5.89 Å². The van der Waals surface area contributed by atoms with E-state index in [0.717, 1.165) is 5.69 Å². The molecular formula is C10H11N3O2S. The maximum Gasteiger partial charge on any atom is 0.284 e. The summed E-state index contributed by atoms with van der Waals surface area (Å²) in [6.45, 7) is 0.313. The van der Waals surface area contributed by atoms with Gasteiger partial charge in [0.05, 0.1) is 0 Å². The van der Waals surface area contributed by atoms with Crippen LogP contribution in [-0.2, 0) is 0 Å². The van der Waals surface area contributed by atoms with Crippen LogP contribution in [-0.4, -0.2) is 21.8 Å². The molecule has 0 fully saturated rings. The number of H-pyrrole nitrogens is 1. The van der Waals surface area contributed by atoms with Crippen molar-refractivity contribution in [2.45, 2.75) is 6.10 Å². The van der Waals surface area contributed by atoms with E-state index in [2.05, 4.69) is 15.5 Å². The van der Waals surface area contributed by atoms with Crippen molar-refractivity contribution >= 4 is 17.9 Å². The van der Waals surface area contributed by atoms with Crippen LogP contribution in [0, 0.1) is 4.84 Å². The number of nitrogens with one attached hydrogen (secondary N) is 2. The normalized spacial score (nSPS) is 12.3. The molecule has 0 amide bonds. The van der Waals surface area contributed by atoms with Crippen molar-refractivity contribution in [3.8, 4) is 0 Å². The fourth-order valence-electron chi connectivity index (χ4n) is 1.24. The molecule has 0 saturated carbocycles. The van der Waals surface area contributed by atoms with Crippen molar-refractivity contribution in [3.63, 3.8) is 0 Å². The van der Waals surface area contributed by atoms with Gasteiger partial charge in [-0.3, -0.25) is 0 Å². The maximum atomic E-state index is 9.71. The summed E-state index contributed by atoms with van der Waals surface area (Å²) >= 11 is 4.71. The lowest BCUT2D eigenvalue weighted by Gasteiger charge is -2.08. The Morgan fingerprint density at radius 2 is 2.19 bits per heavy atom. The largest absolute Gasteiger partial charge is 0.411 e. The number of para-hydroxylation sites is 1. The van der Waals surface area contributed by atoms with Crippen LogP contribution in [0.5, 0.6) is 0 Å². The van der Waals surface area contributed by atoms with Gasteiger partial charge in [-0.1, -0.05) is 18.2 Å². The van der Waals surface area contributed by atoms with Crippen LogP contribution in [0.4, 0.5) is 5.69 Å². The zero-order valence-corrected chi connectivity index (χ0v) is 9.20. The van der Waals surface area contributed by atoms with Crippen LogP contribution < -0.4 is 5.32 Å². The van der Waals surface area contributed by atoms with Gasteiger partial charge in [-0.15, -0.1) is 5.10 Å². The molecule has 16 heavy (non-hydrogen) atoms. The second-order valence-electron chi connectivity index (χ2n) is 3.21. The molecular weight excluding hydrogens is 226 g/mol. The van der Waals surface area contributed by atoms with Crippen molar-refractivity contribution in [1.29, 1.82) is 0 Å². The summed E-state index contributed by atoms with van der Waals surface area (Å²) in [6.07, 6.45) is -0.826. The molecule has 3 N–H and O–H groups in total. The predicted octanol–water partition coefficient (Wildman–Crippen LogP) is 1.88. The third kappa shape index (κ3) is 2.68. The monoisotopic (exact) mass is 237 g/mol. The van der Waals surface area contributed by atoms with Gasteiger partial charge in [0.1, 0.15) is 6.10 Å². The van der Waals surface area contributed by atoms with E-state index in [9.17, 15) is 5.11 Å². The third-order valence-electron chi connectivity index (χ3n) is 2.01. The molecule has 1 heterocycles.